The Kier molecular flexibility index (Phi) is 10.0. The topological polar surface area (TPSA) is 92.3 Å². The summed E-state index contributed by atoms with van der Waals surface area (Å²) < 4.78 is 0. The van der Waals surface area contributed by atoms with Crippen LogP contribution in [0.25, 0.3) is 0 Å². The van der Waals surface area contributed by atoms with Crippen LogP contribution in [0, 0.1) is 11.8 Å². The van der Waals surface area contributed by atoms with Gasteiger partial charge in [-0.15, -0.1) is 0 Å². The van der Waals surface area contributed by atoms with E-state index in [2.05, 4.69) is 5.32 Å². The van der Waals surface area contributed by atoms with Gasteiger partial charge in [0.05, 0.1) is 0 Å². The summed E-state index contributed by atoms with van der Waals surface area (Å²) in [5, 5.41) is 23.4. The molecule has 7 heteroatoms. The van der Waals surface area contributed by atoms with Gasteiger partial charge in [0.15, 0.2) is 0 Å². The number of carbonyl (C=O) groups is 2. The van der Waals surface area contributed by atoms with Crippen molar-refractivity contribution < 1.29 is 78.9 Å². The van der Waals surface area contributed by atoms with E-state index in [0.717, 1.165) is 0 Å². The Morgan fingerprint density at radius 3 is 1.64 bits per heavy atom. The summed E-state index contributed by atoms with van der Waals surface area (Å²) in [5.41, 5.74) is 0. The molecule has 68 valence electrons. The molecule has 14 heavy (non-hydrogen) atoms. The van der Waals surface area contributed by atoms with Gasteiger partial charge in [-0.2, -0.15) is 0 Å². The van der Waals surface area contributed by atoms with Crippen molar-refractivity contribution in [2.75, 3.05) is 13.1 Å². The van der Waals surface area contributed by atoms with Gasteiger partial charge in [-0.1, -0.05) is 0 Å². The number of carboxylic acids is 2. The first kappa shape index (κ1) is 17.3. The minimum Gasteiger partial charge on any atom is -0.550 e. The van der Waals surface area contributed by atoms with Gasteiger partial charge in [-0.25, -0.2) is 0 Å². The van der Waals surface area contributed by atoms with Gasteiger partial charge in [0.25, 0.3) is 0 Å². The van der Waals surface area contributed by atoms with Crippen molar-refractivity contribution in [1.29, 1.82) is 0 Å². The minimum atomic E-state index is -1.20. The number of carbonyl (C=O) groups excluding carboxylic acids is 2. The third-order valence-electron chi connectivity index (χ3n) is 2.02. The molecule has 0 radical (unpaired) electrons. The first-order valence-electron chi connectivity index (χ1n) is 3.73. The van der Waals surface area contributed by atoms with E-state index in [1.54, 1.807) is 0 Å². The number of aliphatic carboxylic acids is 2. The van der Waals surface area contributed by atoms with E-state index in [0.29, 0.717) is 0 Å². The summed E-state index contributed by atoms with van der Waals surface area (Å²) >= 11 is 0. The monoisotopic (exact) mass is 217 g/mol. The van der Waals surface area contributed by atoms with Crippen molar-refractivity contribution in [2.45, 2.75) is 6.42 Å². The molecule has 2 atom stereocenters. The summed E-state index contributed by atoms with van der Waals surface area (Å²) in [7, 11) is 0. The molecule has 0 aromatic carbocycles. The second kappa shape index (κ2) is 8.10. The largest absolute Gasteiger partial charge is 1.00 e. The third kappa shape index (κ3) is 5.11. The SMILES string of the molecule is O=C([O-])C1CNCC(C(=O)[O-])C1.[Na+].[Na+]. The Bertz CT molecular complexity index is 192. The maximum atomic E-state index is 10.4. The molecule has 0 spiro atoms. The van der Waals surface area contributed by atoms with Gasteiger partial charge in [0.2, 0.25) is 0 Å². The van der Waals surface area contributed by atoms with Crippen molar-refractivity contribution in [2.24, 2.45) is 11.8 Å². The zero-order valence-corrected chi connectivity index (χ0v) is 12.4. The molecule has 1 heterocycles. The molecule has 2 unspecified atom stereocenters. The van der Waals surface area contributed by atoms with Crippen LogP contribution in [-0.2, 0) is 9.59 Å². The summed E-state index contributed by atoms with van der Waals surface area (Å²) in [6.45, 7) is 0.568. The van der Waals surface area contributed by atoms with Crippen LogP contribution in [-0.4, -0.2) is 25.0 Å². The van der Waals surface area contributed by atoms with Crippen LogP contribution in [0.5, 0.6) is 0 Å². The van der Waals surface area contributed by atoms with Crippen LogP contribution in [0.3, 0.4) is 0 Å². The van der Waals surface area contributed by atoms with E-state index in [9.17, 15) is 19.8 Å². The molecule has 5 nitrogen and oxygen atoms in total. The van der Waals surface area contributed by atoms with E-state index in [4.69, 9.17) is 0 Å². The van der Waals surface area contributed by atoms with Crippen LogP contribution in [0.1, 0.15) is 6.42 Å². The van der Waals surface area contributed by atoms with Crippen molar-refractivity contribution in [3.05, 3.63) is 0 Å². The molecule has 1 aliphatic rings. The Hall–Kier alpha value is 0.900. The number of hydrogen-bond donors (Lipinski definition) is 1. The van der Waals surface area contributed by atoms with Gasteiger partial charge in [0.1, 0.15) is 0 Å². The summed E-state index contributed by atoms with van der Waals surface area (Å²) in [6.07, 6.45) is 0.109. The zero-order valence-electron chi connectivity index (χ0n) is 8.41. The fourth-order valence-corrected chi connectivity index (χ4v) is 1.30. The molecule has 1 N–H and O–H groups in total. The van der Waals surface area contributed by atoms with Crippen molar-refractivity contribution in [3.8, 4) is 0 Å². The molecule has 1 fully saturated rings. The fourth-order valence-electron chi connectivity index (χ4n) is 1.30. The zero-order chi connectivity index (χ0) is 9.14. The van der Waals surface area contributed by atoms with Gasteiger partial charge < -0.3 is 25.1 Å². The molecule has 1 aliphatic heterocycles. The smallest absolute Gasteiger partial charge is 0.550 e. The van der Waals surface area contributed by atoms with E-state index in [-0.39, 0.29) is 78.6 Å². The average Bonchev–Trinajstić information content (AvgIpc) is 2.04. The molecular weight excluding hydrogens is 208 g/mol. The molecule has 1 saturated heterocycles. The van der Waals surface area contributed by atoms with Crippen LogP contribution < -0.4 is 74.6 Å². The van der Waals surface area contributed by atoms with Crippen LogP contribution in [0.4, 0.5) is 0 Å². The van der Waals surface area contributed by atoms with Crippen LogP contribution >= 0.6 is 0 Å². The Morgan fingerprint density at radius 1 is 1.00 bits per heavy atom. The number of hydrogen-bond acceptors (Lipinski definition) is 5. The molecule has 0 bridgehead atoms. The molecule has 0 saturated carbocycles. The van der Waals surface area contributed by atoms with E-state index in [1.165, 1.54) is 0 Å². The second-order valence-corrected chi connectivity index (χ2v) is 2.93. The molecule has 0 aromatic heterocycles. The van der Waals surface area contributed by atoms with Crippen molar-refractivity contribution in [1.82, 2.24) is 5.32 Å². The number of rotatable bonds is 2. The van der Waals surface area contributed by atoms with Crippen molar-refractivity contribution in [3.63, 3.8) is 0 Å². The summed E-state index contributed by atoms with van der Waals surface area (Å²) in [4.78, 5) is 20.7. The van der Waals surface area contributed by atoms with Crippen LogP contribution in [0.2, 0.25) is 0 Å². The Labute approximate surface area is 126 Å². The predicted octanol–water partition coefficient (Wildman–Crippen LogP) is -9.28. The first-order chi connectivity index (χ1) is 5.61. The number of piperidine rings is 1. The van der Waals surface area contributed by atoms with Crippen LogP contribution in [0.15, 0.2) is 0 Å². The summed E-state index contributed by atoms with van der Waals surface area (Å²) in [5.74, 6) is -3.81. The van der Waals surface area contributed by atoms with E-state index < -0.39 is 23.8 Å². The van der Waals surface area contributed by atoms with Gasteiger partial charge in [-0.05, 0) is 6.42 Å². The third-order valence-corrected chi connectivity index (χ3v) is 2.02. The van der Waals surface area contributed by atoms with E-state index >= 15 is 0 Å². The predicted molar refractivity (Wildman–Crippen MR) is 34.5 cm³/mol. The van der Waals surface area contributed by atoms with Crippen molar-refractivity contribution >= 4 is 11.9 Å². The molecule has 0 amide bonds. The Balaban J connectivity index is 0. The van der Waals surface area contributed by atoms with Gasteiger partial charge >= 0.3 is 59.1 Å². The first-order valence-corrected chi connectivity index (χ1v) is 3.73. The number of nitrogens with one attached hydrogen (secondary N) is 1. The quantitative estimate of drug-likeness (QED) is 0.464. The normalized spacial score (nSPS) is 25.4. The molecular formula is C7H9NNa2O4. The standard InChI is InChI=1S/C7H11NO4.2Na/c9-6(10)4-1-5(7(11)12)3-8-2-4;;/h4-5,8H,1-3H2,(H,9,10)(H,11,12);;/q;2*+1/p-2. The van der Waals surface area contributed by atoms with Gasteiger partial charge in [-0.3, -0.25) is 0 Å². The molecule has 0 aromatic rings. The maximum Gasteiger partial charge on any atom is 1.00 e. The number of carboxylic acid groups (broad SMARTS) is 2. The van der Waals surface area contributed by atoms with Gasteiger partial charge in [0, 0.05) is 36.9 Å². The molecule has 1 rings (SSSR count). The molecule has 0 aliphatic carbocycles. The van der Waals surface area contributed by atoms with E-state index in [1.807, 2.05) is 0 Å². The minimum absolute atomic E-state index is 0. The maximum absolute atomic E-state index is 10.4. The fraction of sp³-hybridized carbons (Fsp3) is 0.714. The second-order valence-electron chi connectivity index (χ2n) is 2.93. The summed E-state index contributed by atoms with van der Waals surface area (Å²) in [6, 6.07) is 0. The average molecular weight is 217 g/mol. The Morgan fingerprint density at radius 2 is 1.36 bits per heavy atom.